The minimum atomic E-state index is -0.564. The lowest BCUT2D eigenvalue weighted by Crippen LogP contribution is -2.30. The molecule has 0 unspecified atom stereocenters. The second-order valence-corrected chi connectivity index (χ2v) is 8.15. The molecule has 0 fully saturated rings. The zero-order chi connectivity index (χ0) is 22.7. The Labute approximate surface area is 192 Å². The third-order valence-electron chi connectivity index (χ3n) is 4.59. The highest BCUT2D eigenvalue weighted by atomic mass is 35.5. The van der Waals surface area contributed by atoms with Crippen molar-refractivity contribution >= 4 is 49.9 Å². The Hall–Kier alpha value is -3.56. The van der Waals surface area contributed by atoms with Gasteiger partial charge in [0.05, 0.1) is 38.9 Å². The van der Waals surface area contributed by atoms with Crippen molar-refractivity contribution in [2.24, 2.45) is 0 Å². The van der Waals surface area contributed by atoms with Crippen LogP contribution in [-0.4, -0.2) is 27.4 Å². The van der Waals surface area contributed by atoms with Crippen molar-refractivity contribution in [3.8, 4) is 5.75 Å². The van der Waals surface area contributed by atoms with E-state index in [1.54, 1.807) is 18.5 Å². The van der Waals surface area contributed by atoms with Gasteiger partial charge in [-0.3, -0.25) is 24.8 Å². The van der Waals surface area contributed by atoms with Crippen molar-refractivity contribution in [1.82, 2.24) is 9.97 Å². The summed E-state index contributed by atoms with van der Waals surface area (Å²) in [7, 11) is 0. The zero-order valence-electron chi connectivity index (χ0n) is 16.9. The van der Waals surface area contributed by atoms with Crippen molar-refractivity contribution in [2.45, 2.75) is 13.5 Å². The summed E-state index contributed by atoms with van der Waals surface area (Å²) in [5.41, 5.74) is 1.29. The summed E-state index contributed by atoms with van der Waals surface area (Å²) in [4.78, 5) is 34.4. The van der Waals surface area contributed by atoms with Gasteiger partial charge in [0.15, 0.2) is 5.13 Å². The fraction of sp³-hybridized carbons (Fsp3) is 0.136. The molecule has 4 rings (SSSR count). The number of benzene rings is 2. The third kappa shape index (κ3) is 4.53. The summed E-state index contributed by atoms with van der Waals surface area (Å²) in [6, 6.07) is 12.9. The smallest absolute Gasteiger partial charge is 0.270 e. The number of carbonyl (C=O) groups excluding carboxylic acids is 1. The SMILES string of the molecule is CCOc1ccc2nc(N(Cc3cccnc3)C(=O)c3cc([N+](=O)[O-])ccc3Cl)sc2c1. The molecule has 0 aliphatic heterocycles. The number of non-ortho nitro benzene ring substituents is 1. The number of halogens is 1. The van der Waals surface area contributed by atoms with Crippen LogP contribution in [0.5, 0.6) is 5.75 Å². The molecule has 0 saturated carbocycles. The largest absolute Gasteiger partial charge is 0.494 e. The Morgan fingerprint density at radius 1 is 1.25 bits per heavy atom. The summed E-state index contributed by atoms with van der Waals surface area (Å²) in [6.07, 6.45) is 3.29. The van der Waals surface area contributed by atoms with Gasteiger partial charge in [0, 0.05) is 24.5 Å². The summed E-state index contributed by atoms with van der Waals surface area (Å²) in [6.45, 7) is 2.61. The van der Waals surface area contributed by atoms with Gasteiger partial charge >= 0.3 is 0 Å². The van der Waals surface area contributed by atoms with Crippen LogP contribution in [0, 0.1) is 10.1 Å². The lowest BCUT2D eigenvalue weighted by Gasteiger charge is -2.20. The molecule has 0 bridgehead atoms. The quantitative estimate of drug-likeness (QED) is 0.262. The number of fused-ring (bicyclic) bond motifs is 1. The van der Waals surface area contributed by atoms with Gasteiger partial charge < -0.3 is 4.74 Å². The number of anilines is 1. The minimum absolute atomic E-state index is 0.0269. The van der Waals surface area contributed by atoms with Gasteiger partial charge in [-0.05, 0) is 42.8 Å². The molecule has 0 radical (unpaired) electrons. The number of hydrogen-bond acceptors (Lipinski definition) is 7. The van der Waals surface area contributed by atoms with Gasteiger partial charge in [0.25, 0.3) is 11.6 Å². The van der Waals surface area contributed by atoms with Crippen LogP contribution >= 0.6 is 22.9 Å². The molecule has 162 valence electrons. The maximum Gasteiger partial charge on any atom is 0.270 e. The number of ether oxygens (including phenoxy) is 1. The first-order valence-corrected chi connectivity index (χ1v) is 10.8. The highest BCUT2D eigenvalue weighted by molar-refractivity contribution is 7.22. The number of rotatable bonds is 7. The zero-order valence-corrected chi connectivity index (χ0v) is 18.5. The molecule has 0 N–H and O–H groups in total. The lowest BCUT2D eigenvalue weighted by molar-refractivity contribution is -0.384. The number of hydrogen-bond donors (Lipinski definition) is 0. The van der Waals surface area contributed by atoms with Crippen LogP contribution < -0.4 is 9.64 Å². The summed E-state index contributed by atoms with van der Waals surface area (Å²) in [5, 5.41) is 11.8. The molecule has 0 aliphatic rings. The van der Waals surface area contributed by atoms with Gasteiger partial charge in [0.1, 0.15) is 5.75 Å². The normalized spacial score (nSPS) is 10.8. The molecule has 0 atom stereocenters. The van der Waals surface area contributed by atoms with Crippen molar-refractivity contribution in [3.05, 3.63) is 87.2 Å². The highest BCUT2D eigenvalue weighted by Crippen LogP contribution is 2.34. The van der Waals surface area contributed by atoms with Gasteiger partial charge in [-0.15, -0.1) is 0 Å². The van der Waals surface area contributed by atoms with Gasteiger partial charge in [-0.1, -0.05) is 29.0 Å². The van der Waals surface area contributed by atoms with Crippen molar-refractivity contribution in [3.63, 3.8) is 0 Å². The van der Waals surface area contributed by atoms with Crippen LogP contribution in [-0.2, 0) is 6.54 Å². The van der Waals surface area contributed by atoms with Crippen LogP contribution in [0.3, 0.4) is 0 Å². The second-order valence-electron chi connectivity index (χ2n) is 6.73. The van der Waals surface area contributed by atoms with E-state index in [9.17, 15) is 14.9 Å². The Bertz CT molecular complexity index is 1300. The van der Waals surface area contributed by atoms with E-state index in [2.05, 4.69) is 9.97 Å². The highest BCUT2D eigenvalue weighted by Gasteiger charge is 2.25. The van der Waals surface area contributed by atoms with E-state index >= 15 is 0 Å². The molecule has 10 heteroatoms. The van der Waals surface area contributed by atoms with Crippen molar-refractivity contribution in [1.29, 1.82) is 0 Å². The van der Waals surface area contributed by atoms with Crippen molar-refractivity contribution < 1.29 is 14.5 Å². The van der Waals surface area contributed by atoms with E-state index in [1.807, 2.05) is 31.2 Å². The molecular weight excluding hydrogens is 452 g/mol. The summed E-state index contributed by atoms with van der Waals surface area (Å²) < 4.78 is 6.40. The molecule has 32 heavy (non-hydrogen) atoms. The number of nitro benzene ring substituents is 1. The molecule has 1 amide bonds. The van der Waals surface area contributed by atoms with E-state index in [4.69, 9.17) is 16.3 Å². The predicted octanol–water partition coefficient (Wildman–Crippen LogP) is 5.50. The molecule has 2 aromatic heterocycles. The third-order valence-corrected chi connectivity index (χ3v) is 5.96. The van der Waals surface area contributed by atoms with Gasteiger partial charge in [0.2, 0.25) is 0 Å². The number of thiazole rings is 1. The molecule has 0 spiro atoms. The molecule has 4 aromatic rings. The monoisotopic (exact) mass is 468 g/mol. The van der Waals surface area contributed by atoms with Crippen LogP contribution in [0.25, 0.3) is 10.2 Å². The van der Waals surface area contributed by atoms with Crippen molar-refractivity contribution in [2.75, 3.05) is 11.5 Å². The second kappa shape index (κ2) is 9.29. The Balaban J connectivity index is 1.79. The van der Waals surface area contributed by atoms with Crippen LogP contribution in [0.1, 0.15) is 22.8 Å². The minimum Gasteiger partial charge on any atom is -0.494 e. The predicted molar refractivity (Wildman–Crippen MR) is 124 cm³/mol. The molecule has 0 aliphatic carbocycles. The van der Waals surface area contributed by atoms with Gasteiger partial charge in [-0.25, -0.2) is 4.98 Å². The molecule has 8 nitrogen and oxygen atoms in total. The Morgan fingerprint density at radius 3 is 2.81 bits per heavy atom. The number of nitro groups is 1. The number of aromatic nitrogens is 2. The van der Waals surface area contributed by atoms with Gasteiger partial charge in [-0.2, -0.15) is 0 Å². The molecule has 2 heterocycles. The van der Waals surface area contributed by atoms with Crippen LogP contribution in [0.2, 0.25) is 5.02 Å². The first-order chi connectivity index (χ1) is 15.5. The maximum atomic E-state index is 13.5. The number of amides is 1. The van der Waals surface area contributed by atoms with Crippen LogP contribution in [0.15, 0.2) is 60.9 Å². The fourth-order valence-corrected chi connectivity index (χ4v) is 4.29. The maximum absolute atomic E-state index is 13.5. The molecular formula is C22H17ClN4O4S. The van der Waals surface area contributed by atoms with E-state index in [0.717, 1.165) is 10.3 Å². The number of carbonyl (C=O) groups is 1. The average Bonchev–Trinajstić information content (AvgIpc) is 3.21. The van der Waals surface area contributed by atoms with E-state index in [0.29, 0.717) is 23.0 Å². The van der Waals surface area contributed by atoms with Crippen LogP contribution in [0.4, 0.5) is 10.8 Å². The topological polar surface area (TPSA) is 98.5 Å². The molecule has 2 aromatic carbocycles. The fourth-order valence-electron chi connectivity index (χ4n) is 3.10. The summed E-state index contributed by atoms with van der Waals surface area (Å²) >= 11 is 7.57. The molecule has 0 saturated heterocycles. The summed E-state index contributed by atoms with van der Waals surface area (Å²) in [5.74, 6) is 0.216. The lowest BCUT2D eigenvalue weighted by atomic mass is 10.1. The van der Waals surface area contributed by atoms with E-state index in [1.165, 1.54) is 34.4 Å². The number of pyridine rings is 1. The Morgan fingerprint density at radius 2 is 2.09 bits per heavy atom. The Kier molecular flexibility index (Phi) is 6.29. The first-order valence-electron chi connectivity index (χ1n) is 9.64. The van der Waals surface area contributed by atoms with E-state index < -0.39 is 10.8 Å². The average molecular weight is 469 g/mol. The number of nitrogens with zero attached hydrogens (tertiary/aromatic N) is 4. The first kappa shape index (κ1) is 21.7. The standard InChI is InChI=1S/C22H17ClN4O4S/c1-2-31-16-6-8-19-20(11-16)32-22(25-19)26(13-14-4-3-9-24-12-14)21(28)17-10-15(27(29)30)5-7-18(17)23/h3-12H,2,13H2,1H3. The van der Waals surface area contributed by atoms with E-state index in [-0.39, 0.29) is 22.8 Å².